The molecule has 0 unspecified atom stereocenters. The van der Waals surface area contributed by atoms with E-state index in [2.05, 4.69) is 5.32 Å². The summed E-state index contributed by atoms with van der Waals surface area (Å²) >= 11 is 0. The minimum Gasteiger partial charge on any atom is -0.497 e. The van der Waals surface area contributed by atoms with E-state index in [0.29, 0.717) is 28.3 Å². The molecule has 1 fully saturated rings. The fourth-order valence-electron chi connectivity index (χ4n) is 7.11. The summed E-state index contributed by atoms with van der Waals surface area (Å²) in [4.78, 5) is 46.1. The lowest BCUT2D eigenvalue weighted by Crippen LogP contribution is -2.49. The number of ketones is 2. The number of para-hydroxylation sites is 1. The smallest absolute Gasteiger partial charge is 0.238 e. The van der Waals surface area contributed by atoms with Crippen molar-refractivity contribution >= 4 is 29.2 Å². The Kier molecular flexibility index (Phi) is 5.97. The zero-order valence-electron chi connectivity index (χ0n) is 23.1. The second-order valence-electron chi connectivity index (χ2n) is 10.7. The summed E-state index contributed by atoms with van der Waals surface area (Å²) in [7, 11) is 3.03. The van der Waals surface area contributed by atoms with Gasteiger partial charge in [-0.3, -0.25) is 14.4 Å². The predicted molar refractivity (Wildman–Crippen MR) is 159 cm³/mol. The lowest BCUT2D eigenvalue weighted by atomic mass is 9.62. The molecule has 1 spiro atoms. The first kappa shape index (κ1) is 25.8. The van der Waals surface area contributed by atoms with Gasteiger partial charge in [0.25, 0.3) is 0 Å². The topological polar surface area (TPSA) is 84.9 Å². The highest BCUT2D eigenvalue weighted by Crippen LogP contribution is 2.62. The summed E-state index contributed by atoms with van der Waals surface area (Å²) in [5, 5.41) is 3.07. The van der Waals surface area contributed by atoms with Crippen LogP contribution >= 0.6 is 0 Å². The fraction of sp³-hybridized carbons (Fsp3) is 0.171. The van der Waals surface area contributed by atoms with Crippen molar-refractivity contribution in [1.82, 2.24) is 4.90 Å². The molecule has 4 atom stereocenters. The zero-order chi connectivity index (χ0) is 29.0. The first-order valence-electron chi connectivity index (χ1n) is 13.8. The molecule has 3 aliphatic rings. The Bertz CT molecular complexity index is 1780. The molecular formula is C35H28N2O5. The summed E-state index contributed by atoms with van der Waals surface area (Å²) < 4.78 is 11.0. The molecular weight excluding hydrogens is 528 g/mol. The average molecular weight is 557 g/mol. The molecule has 1 saturated heterocycles. The second kappa shape index (κ2) is 9.73. The van der Waals surface area contributed by atoms with E-state index >= 15 is 4.79 Å². The van der Waals surface area contributed by atoms with Gasteiger partial charge in [0.2, 0.25) is 5.91 Å². The van der Waals surface area contributed by atoms with E-state index in [1.165, 1.54) is 7.11 Å². The number of methoxy groups -OCH3 is 2. The van der Waals surface area contributed by atoms with E-state index in [-0.39, 0.29) is 23.0 Å². The van der Waals surface area contributed by atoms with Crippen molar-refractivity contribution in [2.75, 3.05) is 19.5 Å². The van der Waals surface area contributed by atoms with Crippen molar-refractivity contribution in [1.29, 1.82) is 0 Å². The van der Waals surface area contributed by atoms with Gasteiger partial charge in [0, 0.05) is 23.5 Å². The minimum absolute atomic E-state index is 0.232. The van der Waals surface area contributed by atoms with Gasteiger partial charge < -0.3 is 19.7 Å². The van der Waals surface area contributed by atoms with Gasteiger partial charge in [0.1, 0.15) is 23.0 Å². The van der Waals surface area contributed by atoms with Gasteiger partial charge in [-0.05, 0) is 41.0 Å². The quantitative estimate of drug-likeness (QED) is 0.308. The number of amides is 1. The summed E-state index contributed by atoms with van der Waals surface area (Å²) in [6, 6.07) is 27.7. The van der Waals surface area contributed by atoms with Crippen molar-refractivity contribution in [3.63, 3.8) is 0 Å². The number of benzene rings is 4. The van der Waals surface area contributed by atoms with E-state index in [4.69, 9.17) is 9.47 Å². The van der Waals surface area contributed by atoms with Crippen LogP contribution in [0.3, 0.4) is 0 Å². The molecule has 7 heteroatoms. The highest BCUT2D eigenvalue weighted by atomic mass is 16.5. The standard InChI is InChI=1S/C35H28N2O5/c1-41-23-16-17-25(28(20-23)42-2)32(39)29-30(31(38)22-11-4-3-5-12-22)37-19-18-21-10-6-7-13-24(21)33(37)35(29)26-14-8-9-15-27(26)36-34(35)40/h3-20,29-30,33H,1-2H3,(H,36,40)/t29-,30-,33+,35+/m0/s1. The van der Waals surface area contributed by atoms with Crippen LogP contribution in [0, 0.1) is 5.92 Å². The number of fused-ring (bicyclic) bond motifs is 6. The van der Waals surface area contributed by atoms with E-state index in [0.717, 1.165) is 11.1 Å². The summed E-state index contributed by atoms with van der Waals surface area (Å²) in [6.07, 6.45) is 3.82. The SMILES string of the molecule is COc1ccc(C(=O)[C@@H]2[C@@H](C(=O)c3ccccc3)N3C=Cc4ccccc4[C@@H]3[C@]23C(=O)Nc2ccccc23)c(OC)c1. The number of anilines is 1. The van der Waals surface area contributed by atoms with Crippen LogP contribution in [0.15, 0.2) is 103 Å². The Morgan fingerprint density at radius 3 is 2.36 bits per heavy atom. The van der Waals surface area contributed by atoms with Crippen molar-refractivity contribution in [2.45, 2.75) is 17.5 Å². The third-order valence-corrected chi connectivity index (χ3v) is 8.85. The molecule has 1 amide bonds. The van der Waals surface area contributed by atoms with Crippen LogP contribution < -0.4 is 14.8 Å². The third-order valence-electron chi connectivity index (χ3n) is 8.85. The van der Waals surface area contributed by atoms with Crippen LogP contribution in [-0.4, -0.2) is 42.6 Å². The normalized spacial score (nSPS) is 23.1. The van der Waals surface area contributed by atoms with E-state index < -0.39 is 23.4 Å². The third kappa shape index (κ3) is 3.49. The second-order valence-corrected chi connectivity index (χ2v) is 10.7. The number of ether oxygens (including phenoxy) is 2. The molecule has 3 heterocycles. The van der Waals surface area contributed by atoms with Crippen LogP contribution in [0.1, 0.15) is 43.4 Å². The van der Waals surface area contributed by atoms with E-state index in [1.54, 1.807) is 49.6 Å². The van der Waals surface area contributed by atoms with E-state index in [1.807, 2.05) is 71.8 Å². The molecule has 4 aromatic carbocycles. The molecule has 0 saturated carbocycles. The van der Waals surface area contributed by atoms with Crippen molar-refractivity contribution in [2.24, 2.45) is 5.92 Å². The maximum absolute atomic E-state index is 15.0. The molecule has 208 valence electrons. The number of nitrogens with zero attached hydrogens (tertiary/aromatic N) is 1. The van der Waals surface area contributed by atoms with Crippen LogP contribution in [0.2, 0.25) is 0 Å². The van der Waals surface area contributed by atoms with Gasteiger partial charge in [0.15, 0.2) is 11.6 Å². The number of hydrogen-bond acceptors (Lipinski definition) is 6. The number of Topliss-reactive ketones (excluding diaryl/α,β-unsaturated/α-hetero) is 2. The Hall–Kier alpha value is -5.17. The predicted octanol–water partition coefficient (Wildman–Crippen LogP) is 5.69. The van der Waals surface area contributed by atoms with Crippen LogP contribution in [0.25, 0.3) is 6.08 Å². The lowest BCUT2D eigenvalue weighted by Gasteiger charge is -2.38. The van der Waals surface area contributed by atoms with Gasteiger partial charge in [-0.1, -0.05) is 72.8 Å². The fourth-order valence-corrected chi connectivity index (χ4v) is 7.11. The maximum Gasteiger partial charge on any atom is 0.238 e. The molecule has 1 N–H and O–H groups in total. The average Bonchev–Trinajstić information content (AvgIpc) is 3.52. The van der Waals surface area contributed by atoms with Gasteiger partial charge in [-0.15, -0.1) is 0 Å². The molecule has 7 rings (SSSR count). The van der Waals surface area contributed by atoms with Crippen LogP contribution in [0.4, 0.5) is 5.69 Å². The molecule has 7 nitrogen and oxygen atoms in total. The number of carbonyl (C=O) groups excluding carboxylic acids is 3. The molecule has 0 aliphatic carbocycles. The highest BCUT2D eigenvalue weighted by molar-refractivity contribution is 6.17. The Labute approximate surface area is 243 Å². The summed E-state index contributed by atoms with van der Waals surface area (Å²) in [5.74, 6) is -1.14. The van der Waals surface area contributed by atoms with Gasteiger partial charge in [0.05, 0.1) is 31.7 Å². The van der Waals surface area contributed by atoms with Gasteiger partial charge in [-0.25, -0.2) is 0 Å². The number of nitrogens with one attached hydrogen (secondary N) is 1. The van der Waals surface area contributed by atoms with Crippen molar-refractivity contribution < 1.29 is 23.9 Å². The van der Waals surface area contributed by atoms with Crippen molar-refractivity contribution in [3.8, 4) is 11.5 Å². The highest BCUT2D eigenvalue weighted by Gasteiger charge is 2.70. The summed E-state index contributed by atoms with van der Waals surface area (Å²) in [6.45, 7) is 0. The van der Waals surface area contributed by atoms with E-state index in [9.17, 15) is 9.59 Å². The number of carbonyl (C=O) groups is 3. The summed E-state index contributed by atoms with van der Waals surface area (Å²) in [5.41, 5.74) is 2.51. The van der Waals surface area contributed by atoms with Gasteiger partial charge >= 0.3 is 0 Å². The Balaban J connectivity index is 1.54. The van der Waals surface area contributed by atoms with Gasteiger partial charge in [-0.2, -0.15) is 0 Å². The molecule has 4 aromatic rings. The number of rotatable bonds is 6. The Morgan fingerprint density at radius 1 is 0.833 bits per heavy atom. The number of hydrogen-bond donors (Lipinski definition) is 1. The minimum atomic E-state index is -1.41. The first-order valence-corrected chi connectivity index (χ1v) is 13.8. The lowest BCUT2D eigenvalue weighted by molar-refractivity contribution is -0.122. The molecule has 0 aromatic heterocycles. The van der Waals surface area contributed by atoms with Crippen LogP contribution in [0.5, 0.6) is 11.5 Å². The Morgan fingerprint density at radius 2 is 1.57 bits per heavy atom. The monoisotopic (exact) mass is 556 g/mol. The first-order chi connectivity index (χ1) is 20.5. The largest absolute Gasteiger partial charge is 0.497 e. The van der Waals surface area contributed by atoms with Crippen LogP contribution in [-0.2, 0) is 10.2 Å². The molecule has 0 bridgehead atoms. The molecule has 42 heavy (non-hydrogen) atoms. The zero-order valence-corrected chi connectivity index (χ0v) is 23.1. The maximum atomic E-state index is 15.0. The molecule has 3 aliphatic heterocycles. The van der Waals surface area contributed by atoms with Crippen molar-refractivity contribution in [3.05, 3.63) is 131 Å². The molecule has 0 radical (unpaired) electrons.